The van der Waals surface area contributed by atoms with Crippen molar-refractivity contribution in [2.24, 2.45) is 0 Å². The van der Waals surface area contributed by atoms with Crippen LogP contribution in [0.3, 0.4) is 0 Å². The van der Waals surface area contributed by atoms with Crippen LogP contribution >= 0.6 is 0 Å². The molecule has 1 fully saturated rings. The van der Waals surface area contributed by atoms with E-state index in [1.54, 1.807) is 5.70 Å². The van der Waals surface area contributed by atoms with Gasteiger partial charge in [0.2, 0.25) is 0 Å². The Hall–Kier alpha value is -0.460. The SMILES string of the molecule is CC/C=C(\CC)N1CCCCC1. The fraction of sp³-hybridized carbons (Fsp3) is 0.818. The molecule has 1 aliphatic rings. The van der Waals surface area contributed by atoms with Crippen molar-refractivity contribution in [2.45, 2.75) is 46.0 Å². The molecule has 0 amide bonds. The Balaban J connectivity index is 2.46. The Labute approximate surface area is 76.5 Å². The van der Waals surface area contributed by atoms with Crippen LogP contribution in [0.25, 0.3) is 0 Å². The van der Waals surface area contributed by atoms with Crippen LogP contribution in [-0.2, 0) is 0 Å². The number of rotatable bonds is 3. The molecule has 1 saturated heterocycles. The van der Waals surface area contributed by atoms with Gasteiger partial charge in [0.1, 0.15) is 0 Å². The monoisotopic (exact) mass is 167 g/mol. The predicted octanol–water partition coefficient (Wildman–Crippen LogP) is 3.18. The first kappa shape index (κ1) is 9.63. The molecule has 0 aromatic rings. The summed E-state index contributed by atoms with van der Waals surface area (Å²) in [6.45, 7) is 7.06. The van der Waals surface area contributed by atoms with E-state index in [1.807, 2.05) is 0 Å². The molecule has 0 aromatic heterocycles. The smallest absolute Gasteiger partial charge is 0.0174 e. The summed E-state index contributed by atoms with van der Waals surface area (Å²) in [5.74, 6) is 0. The van der Waals surface area contributed by atoms with Crippen LogP contribution in [0.1, 0.15) is 46.0 Å². The number of hydrogen-bond donors (Lipinski definition) is 0. The van der Waals surface area contributed by atoms with Crippen LogP contribution in [-0.4, -0.2) is 18.0 Å². The molecule has 0 spiro atoms. The molecular formula is C11H21N. The minimum absolute atomic E-state index is 1.18. The zero-order chi connectivity index (χ0) is 8.81. The Morgan fingerprint density at radius 3 is 2.33 bits per heavy atom. The average molecular weight is 167 g/mol. The molecule has 1 nitrogen and oxygen atoms in total. The second-order valence-corrected chi connectivity index (χ2v) is 3.50. The van der Waals surface area contributed by atoms with Crippen molar-refractivity contribution in [3.05, 3.63) is 11.8 Å². The van der Waals surface area contributed by atoms with Gasteiger partial charge in [-0.1, -0.05) is 19.9 Å². The Morgan fingerprint density at radius 1 is 1.17 bits per heavy atom. The first-order valence-corrected chi connectivity index (χ1v) is 5.32. The van der Waals surface area contributed by atoms with Crippen molar-refractivity contribution >= 4 is 0 Å². The molecule has 0 atom stereocenters. The van der Waals surface area contributed by atoms with E-state index < -0.39 is 0 Å². The molecule has 0 saturated carbocycles. The Morgan fingerprint density at radius 2 is 1.83 bits per heavy atom. The third-order valence-corrected chi connectivity index (χ3v) is 2.56. The molecule has 1 heterocycles. The summed E-state index contributed by atoms with van der Waals surface area (Å²) in [5, 5.41) is 0. The van der Waals surface area contributed by atoms with Gasteiger partial charge in [-0.2, -0.15) is 0 Å². The van der Waals surface area contributed by atoms with E-state index in [2.05, 4.69) is 24.8 Å². The van der Waals surface area contributed by atoms with E-state index in [-0.39, 0.29) is 0 Å². The number of nitrogens with zero attached hydrogens (tertiary/aromatic N) is 1. The first-order chi connectivity index (χ1) is 5.88. The largest absolute Gasteiger partial charge is 0.375 e. The highest BCUT2D eigenvalue weighted by atomic mass is 15.1. The second-order valence-electron chi connectivity index (χ2n) is 3.50. The standard InChI is InChI=1S/C11H21N/c1-3-8-11(4-2)12-9-6-5-7-10-12/h8H,3-7,9-10H2,1-2H3/b11-8+. The van der Waals surface area contributed by atoms with Crippen LogP contribution in [0.15, 0.2) is 11.8 Å². The molecule has 0 aliphatic carbocycles. The van der Waals surface area contributed by atoms with Gasteiger partial charge in [-0.25, -0.2) is 0 Å². The fourth-order valence-corrected chi connectivity index (χ4v) is 1.91. The van der Waals surface area contributed by atoms with Crippen molar-refractivity contribution in [3.8, 4) is 0 Å². The normalized spacial score (nSPS) is 19.8. The van der Waals surface area contributed by atoms with E-state index in [0.717, 1.165) is 0 Å². The van der Waals surface area contributed by atoms with Crippen molar-refractivity contribution in [1.82, 2.24) is 4.90 Å². The summed E-state index contributed by atoms with van der Waals surface area (Å²) >= 11 is 0. The third kappa shape index (κ3) is 2.54. The summed E-state index contributed by atoms with van der Waals surface area (Å²) in [4.78, 5) is 2.56. The topological polar surface area (TPSA) is 3.24 Å². The summed E-state index contributed by atoms with van der Waals surface area (Å²) in [6, 6.07) is 0. The van der Waals surface area contributed by atoms with Crippen LogP contribution < -0.4 is 0 Å². The minimum atomic E-state index is 1.18. The van der Waals surface area contributed by atoms with E-state index in [0.29, 0.717) is 0 Å². The zero-order valence-electron chi connectivity index (χ0n) is 8.47. The van der Waals surface area contributed by atoms with Gasteiger partial charge in [0.05, 0.1) is 0 Å². The summed E-state index contributed by atoms with van der Waals surface area (Å²) < 4.78 is 0. The van der Waals surface area contributed by atoms with Gasteiger partial charge in [-0.05, 0) is 32.1 Å². The molecule has 1 aliphatic heterocycles. The molecule has 0 radical (unpaired) electrons. The van der Waals surface area contributed by atoms with E-state index in [4.69, 9.17) is 0 Å². The highest BCUT2D eigenvalue weighted by molar-refractivity contribution is 5.00. The Bertz CT molecular complexity index is 143. The average Bonchev–Trinajstić information content (AvgIpc) is 2.15. The predicted molar refractivity (Wildman–Crippen MR) is 54.1 cm³/mol. The maximum Gasteiger partial charge on any atom is 0.0174 e. The molecule has 1 rings (SSSR count). The maximum atomic E-state index is 2.56. The van der Waals surface area contributed by atoms with E-state index in [9.17, 15) is 0 Å². The van der Waals surface area contributed by atoms with Gasteiger partial charge in [0, 0.05) is 18.8 Å². The number of hydrogen-bond acceptors (Lipinski definition) is 1. The highest BCUT2D eigenvalue weighted by Crippen LogP contribution is 2.17. The molecule has 1 heteroatoms. The first-order valence-electron chi connectivity index (χ1n) is 5.32. The second kappa shape index (κ2) is 5.23. The lowest BCUT2D eigenvalue weighted by Crippen LogP contribution is -2.28. The molecular weight excluding hydrogens is 146 g/mol. The van der Waals surface area contributed by atoms with E-state index >= 15 is 0 Å². The number of allylic oxidation sites excluding steroid dienone is 2. The summed E-state index contributed by atoms with van der Waals surface area (Å²) in [7, 11) is 0. The van der Waals surface area contributed by atoms with E-state index in [1.165, 1.54) is 45.2 Å². The quantitative estimate of drug-likeness (QED) is 0.624. The van der Waals surface area contributed by atoms with Gasteiger partial charge in [-0.15, -0.1) is 0 Å². The van der Waals surface area contributed by atoms with Crippen LogP contribution in [0.5, 0.6) is 0 Å². The van der Waals surface area contributed by atoms with Gasteiger partial charge >= 0.3 is 0 Å². The molecule has 0 N–H and O–H groups in total. The third-order valence-electron chi connectivity index (χ3n) is 2.56. The lowest BCUT2D eigenvalue weighted by molar-refractivity contribution is 0.278. The zero-order valence-corrected chi connectivity index (χ0v) is 8.47. The molecule has 70 valence electrons. The molecule has 0 aromatic carbocycles. The summed E-state index contributed by atoms with van der Waals surface area (Å²) in [6.07, 6.45) is 8.97. The summed E-state index contributed by atoms with van der Waals surface area (Å²) in [5.41, 5.74) is 1.57. The van der Waals surface area contributed by atoms with Crippen molar-refractivity contribution < 1.29 is 0 Å². The molecule has 12 heavy (non-hydrogen) atoms. The van der Waals surface area contributed by atoms with Crippen LogP contribution in [0.4, 0.5) is 0 Å². The molecule has 0 unspecified atom stereocenters. The van der Waals surface area contributed by atoms with Gasteiger partial charge in [0.15, 0.2) is 0 Å². The van der Waals surface area contributed by atoms with Gasteiger partial charge in [0.25, 0.3) is 0 Å². The lowest BCUT2D eigenvalue weighted by atomic mass is 10.1. The van der Waals surface area contributed by atoms with Crippen LogP contribution in [0, 0.1) is 0 Å². The van der Waals surface area contributed by atoms with Crippen molar-refractivity contribution in [3.63, 3.8) is 0 Å². The molecule has 0 bridgehead atoms. The van der Waals surface area contributed by atoms with Gasteiger partial charge < -0.3 is 4.90 Å². The number of likely N-dealkylation sites (tertiary alicyclic amines) is 1. The highest BCUT2D eigenvalue weighted by Gasteiger charge is 2.10. The minimum Gasteiger partial charge on any atom is -0.375 e. The number of piperidine rings is 1. The van der Waals surface area contributed by atoms with Crippen molar-refractivity contribution in [2.75, 3.05) is 13.1 Å². The van der Waals surface area contributed by atoms with Crippen molar-refractivity contribution in [1.29, 1.82) is 0 Å². The van der Waals surface area contributed by atoms with Gasteiger partial charge in [-0.3, -0.25) is 0 Å². The van der Waals surface area contributed by atoms with Crippen LogP contribution in [0.2, 0.25) is 0 Å². The fourth-order valence-electron chi connectivity index (χ4n) is 1.91. The Kier molecular flexibility index (Phi) is 4.20. The lowest BCUT2D eigenvalue weighted by Gasteiger charge is -2.30. The maximum absolute atomic E-state index is 2.56.